The van der Waals surface area contributed by atoms with Gasteiger partial charge in [0.25, 0.3) is 5.97 Å². The Morgan fingerprint density at radius 3 is 2.44 bits per heavy atom. The van der Waals surface area contributed by atoms with Gasteiger partial charge in [-0.15, -0.1) is 0 Å². The summed E-state index contributed by atoms with van der Waals surface area (Å²) in [6.45, 7) is 5.04. The third kappa shape index (κ3) is 4.55. The molecular weight excluding hydrogens is 358 g/mol. The summed E-state index contributed by atoms with van der Waals surface area (Å²) in [6, 6.07) is 4.56. The van der Waals surface area contributed by atoms with Gasteiger partial charge >= 0.3 is 5.97 Å². The van der Waals surface area contributed by atoms with Crippen LogP contribution >= 0.6 is 0 Å². The minimum absolute atomic E-state index is 0.0447. The summed E-state index contributed by atoms with van der Waals surface area (Å²) in [7, 11) is 0. The Labute approximate surface area is 156 Å². The summed E-state index contributed by atoms with van der Waals surface area (Å²) < 4.78 is 31.5. The summed E-state index contributed by atoms with van der Waals surface area (Å²) in [4.78, 5) is 25.2. The number of piperidine rings is 1. The van der Waals surface area contributed by atoms with Crippen molar-refractivity contribution in [2.75, 3.05) is 37.7 Å². The lowest BCUT2D eigenvalue weighted by atomic mass is 10.0. The van der Waals surface area contributed by atoms with Gasteiger partial charge in [-0.1, -0.05) is 0 Å². The molecule has 1 aromatic carbocycles. The lowest BCUT2D eigenvalue weighted by Crippen LogP contribution is -2.44. The van der Waals surface area contributed by atoms with Crippen LogP contribution in [0.2, 0.25) is 0 Å². The van der Waals surface area contributed by atoms with Crippen LogP contribution in [0, 0.1) is 23.5 Å². The first-order chi connectivity index (χ1) is 12.8. The highest BCUT2D eigenvalue weighted by atomic mass is 19.2. The van der Waals surface area contributed by atoms with E-state index >= 15 is 0 Å². The van der Waals surface area contributed by atoms with Crippen molar-refractivity contribution in [1.82, 2.24) is 4.90 Å². The molecule has 0 amide bonds. The fourth-order valence-electron chi connectivity index (χ4n) is 4.11. The lowest BCUT2D eigenvalue weighted by molar-refractivity contribution is -0.141. The van der Waals surface area contributed by atoms with Crippen LogP contribution in [0.5, 0.6) is 0 Å². The first-order valence-corrected chi connectivity index (χ1v) is 9.15. The highest BCUT2D eigenvalue weighted by Gasteiger charge is 2.45. The molecular formula is C19H24F2N2O4. The minimum atomic E-state index is -0.833. The number of nitrogens with zero attached hydrogens (tertiary/aromatic N) is 2. The molecule has 0 radical (unpaired) electrons. The molecule has 4 rings (SSSR count). The van der Waals surface area contributed by atoms with E-state index in [2.05, 4.69) is 9.80 Å². The number of hydrogen-bond donors (Lipinski definition) is 1. The Balaban J connectivity index is 0.000000481. The van der Waals surface area contributed by atoms with Gasteiger partial charge in [0.05, 0.1) is 12.5 Å². The maximum atomic E-state index is 13.4. The number of likely N-dealkylation sites (tertiary alicyclic amines) is 1. The quantitative estimate of drug-likeness (QED) is 0.791. The molecule has 0 aromatic heterocycles. The van der Waals surface area contributed by atoms with E-state index in [0.29, 0.717) is 18.6 Å². The van der Waals surface area contributed by atoms with Crippen molar-refractivity contribution in [1.29, 1.82) is 0 Å². The van der Waals surface area contributed by atoms with Crippen LogP contribution in [0.25, 0.3) is 0 Å². The van der Waals surface area contributed by atoms with Crippen molar-refractivity contribution >= 4 is 17.6 Å². The average molecular weight is 382 g/mol. The zero-order valence-corrected chi connectivity index (χ0v) is 15.2. The number of hydrogen-bond acceptors (Lipinski definition) is 5. The number of aliphatic carboxylic acids is 1. The van der Waals surface area contributed by atoms with Crippen molar-refractivity contribution in [2.45, 2.75) is 25.8 Å². The minimum Gasteiger partial charge on any atom is -0.481 e. The van der Waals surface area contributed by atoms with Gasteiger partial charge in [-0.25, -0.2) is 8.78 Å². The van der Waals surface area contributed by atoms with Crippen molar-refractivity contribution in [3.05, 3.63) is 29.8 Å². The molecule has 0 bridgehead atoms. The summed E-state index contributed by atoms with van der Waals surface area (Å²) in [6.07, 6.45) is 1.96. The van der Waals surface area contributed by atoms with Gasteiger partial charge in [-0.05, 0) is 25.0 Å². The highest BCUT2D eigenvalue weighted by molar-refractivity contribution is 5.75. The number of anilines is 1. The van der Waals surface area contributed by atoms with Gasteiger partial charge in [0.15, 0.2) is 11.6 Å². The number of carboxylic acid groups (broad SMARTS) is 1. The fourth-order valence-corrected chi connectivity index (χ4v) is 4.11. The van der Waals surface area contributed by atoms with Gasteiger partial charge in [-0.3, -0.25) is 14.5 Å². The number of carbonyl (C=O) groups excluding carboxylic acids is 1. The molecule has 148 valence electrons. The van der Waals surface area contributed by atoms with Crippen molar-refractivity contribution in [3.63, 3.8) is 0 Å². The van der Waals surface area contributed by atoms with E-state index in [9.17, 15) is 13.6 Å². The SMILES string of the molecule is CC(=O)O.O=C1OC[C@H]2CN(C3CCN(c4ccc(F)c(F)c4)CC3)C[C@@H]12. The smallest absolute Gasteiger partial charge is 0.310 e. The Morgan fingerprint density at radius 2 is 1.85 bits per heavy atom. The van der Waals surface area contributed by atoms with E-state index in [-0.39, 0.29) is 11.9 Å². The maximum Gasteiger partial charge on any atom is 0.310 e. The normalized spacial score (nSPS) is 25.6. The number of benzene rings is 1. The van der Waals surface area contributed by atoms with Gasteiger partial charge in [0, 0.05) is 56.8 Å². The third-order valence-electron chi connectivity index (χ3n) is 5.46. The highest BCUT2D eigenvalue weighted by Crippen LogP contribution is 2.34. The van der Waals surface area contributed by atoms with Crippen LogP contribution in [0.4, 0.5) is 14.5 Å². The van der Waals surface area contributed by atoms with E-state index in [1.165, 1.54) is 12.1 Å². The van der Waals surface area contributed by atoms with E-state index in [1.807, 2.05) is 0 Å². The standard InChI is InChI=1S/C17H20F2N2O2.C2H4O2/c18-15-2-1-13(7-16(15)19)20-5-3-12(4-6-20)21-8-11-10-23-17(22)14(11)9-21;1-2(3)4/h1-2,7,11-12,14H,3-6,8-10H2;1H3,(H,3,4)/t11-,14-;/m1./s1. The molecule has 0 unspecified atom stereocenters. The topological polar surface area (TPSA) is 70.1 Å². The second-order valence-corrected chi connectivity index (χ2v) is 7.29. The number of cyclic esters (lactones) is 1. The molecule has 3 aliphatic heterocycles. The molecule has 3 saturated heterocycles. The number of ether oxygens (including phenoxy) is 1. The second kappa shape index (κ2) is 8.21. The van der Waals surface area contributed by atoms with Crippen LogP contribution in [-0.2, 0) is 14.3 Å². The maximum absolute atomic E-state index is 13.4. The first-order valence-electron chi connectivity index (χ1n) is 9.15. The Morgan fingerprint density at radius 1 is 1.19 bits per heavy atom. The zero-order valence-electron chi connectivity index (χ0n) is 15.2. The van der Waals surface area contributed by atoms with E-state index in [0.717, 1.165) is 51.6 Å². The van der Waals surface area contributed by atoms with Gasteiger partial charge in [-0.2, -0.15) is 0 Å². The van der Waals surface area contributed by atoms with Crippen molar-refractivity contribution in [3.8, 4) is 0 Å². The van der Waals surface area contributed by atoms with Crippen molar-refractivity contribution in [2.24, 2.45) is 11.8 Å². The summed E-state index contributed by atoms with van der Waals surface area (Å²) >= 11 is 0. The zero-order chi connectivity index (χ0) is 19.6. The molecule has 8 heteroatoms. The van der Waals surface area contributed by atoms with Crippen LogP contribution in [0.15, 0.2) is 18.2 Å². The second-order valence-electron chi connectivity index (χ2n) is 7.29. The van der Waals surface area contributed by atoms with Crippen LogP contribution in [-0.4, -0.2) is 60.8 Å². The fraction of sp³-hybridized carbons (Fsp3) is 0.579. The monoisotopic (exact) mass is 382 g/mol. The number of carboxylic acids is 1. The number of carbonyl (C=O) groups is 2. The first kappa shape index (κ1) is 19.5. The van der Waals surface area contributed by atoms with Gasteiger partial charge < -0.3 is 14.7 Å². The summed E-state index contributed by atoms with van der Waals surface area (Å²) in [5, 5.41) is 7.42. The molecule has 3 fully saturated rings. The average Bonchev–Trinajstić information content (AvgIpc) is 3.19. The third-order valence-corrected chi connectivity index (χ3v) is 5.46. The largest absolute Gasteiger partial charge is 0.481 e. The van der Waals surface area contributed by atoms with Crippen LogP contribution in [0.1, 0.15) is 19.8 Å². The molecule has 0 saturated carbocycles. The number of halogens is 2. The molecule has 0 aliphatic carbocycles. The van der Waals surface area contributed by atoms with E-state index in [1.54, 1.807) is 6.07 Å². The summed E-state index contributed by atoms with van der Waals surface area (Å²) in [5.74, 6) is -2.07. The molecule has 1 aromatic rings. The molecule has 1 N–H and O–H groups in total. The van der Waals surface area contributed by atoms with Gasteiger partial charge in [0.1, 0.15) is 0 Å². The van der Waals surface area contributed by atoms with Crippen LogP contribution in [0.3, 0.4) is 0 Å². The predicted octanol–water partition coefficient (Wildman–Crippen LogP) is 2.13. The number of fused-ring (bicyclic) bond motifs is 1. The molecule has 3 aliphatic rings. The Bertz CT molecular complexity index is 703. The number of rotatable bonds is 2. The Kier molecular flexibility index (Phi) is 5.94. The lowest BCUT2D eigenvalue weighted by Gasteiger charge is -2.38. The molecule has 2 atom stereocenters. The van der Waals surface area contributed by atoms with Crippen LogP contribution < -0.4 is 4.90 Å². The summed E-state index contributed by atoms with van der Waals surface area (Å²) in [5.41, 5.74) is 0.740. The molecule has 6 nitrogen and oxygen atoms in total. The predicted molar refractivity (Wildman–Crippen MR) is 94.4 cm³/mol. The number of esters is 1. The van der Waals surface area contributed by atoms with E-state index < -0.39 is 17.6 Å². The van der Waals surface area contributed by atoms with Crippen molar-refractivity contribution < 1.29 is 28.2 Å². The molecule has 0 spiro atoms. The van der Waals surface area contributed by atoms with E-state index in [4.69, 9.17) is 14.6 Å². The Hall–Kier alpha value is -2.22. The molecule has 27 heavy (non-hydrogen) atoms. The molecule has 3 heterocycles. The van der Waals surface area contributed by atoms with Gasteiger partial charge in [0.2, 0.25) is 0 Å².